The minimum atomic E-state index is -0.135. The van der Waals surface area contributed by atoms with Crippen LogP contribution in [-0.2, 0) is 23.8 Å². The molecule has 0 aliphatic carbocycles. The molecule has 3 aromatic rings. The minimum Gasteiger partial charge on any atom is -0.383 e. The van der Waals surface area contributed by atoms with Crippen LogP contribution in [0.15, 0.2) is 12.3 Å². The van der Waals surface area contributed by atoms with E-state index in [0.29, 0.717) is 11.6 Å². The second-order valence-electron chi connectivity index (χ2n) is 6.75. The zero-order valence-electron chi connectivity index (χ0n) is 14.1. The molecule has 0 bridgehead atoms. The van der Waals surface area contributed by atoms with E-state index >= 15 is 0 Å². The van der Waals surface area contributed by atoms with E-state index in [9.17, 15) is 0 Å². The highest BCUT2D eigenvalue weighted by Gasteiger charge is 2.40. The Morgan fingerprint density at radius 1 is 1.32 bits per heavy atom. The maximum absolute atomic E-state index is 6.27. The fourth-order valence-corrected chi connectivity index (χ4v) is 5.23. The predicted octanol–water partition coefficient (Wildman–Crippen LogP) is 1.83. The number of hydrogen-bond acceptors (Lipinski definition) is 7. The number of nitrogens with two attached hydrogens (primary N) is 1. The van der Waals surface area contributed by atoms with E-state index in [1.807, 2.05) is 7.05 Å². The van der Waals surface area contributed by atoms with Gasteiger partial charge in [0.1, 0.15) is 11.4 Å². The average Bonchev–Trinajstić information content (AvgIpc) is 3.21. The van der Waals surface area contributed by atoms with E-state index in [1.54, 1.807) is 22.2 Å². The summed E-state index contributed by atoms with van der Waals surface area (Å²) in [6.07, 6.45) is 4.70. The second kappa shape index (κ2) is 5.48. The average molecular weight is 356 g/mol. The predicted molar refractivity (Wildman–Crippen MR) is 97.5 cm³/mol. The molecule has 1 fully saturated rings. The molecular weight excluding hydrogens is 336 g/mol. The highest BCUT2D eigenvalue weighted by molar-refractivity contribution is 7.15. The number of aromatic nitrogens is 4. The molecule has 3 N–H and O–H groups in total. The van der Waals surface area contributed by atoms with E-state index in [1.165, 1.54) is 10.4 Å². The van der Waals surface area contributed by atoms with E-state index in [4.69, 9.17) is 15.5 Å². The van der Waals surface area contributed by atoms with Crippen LogP contribution in [0.3, 0.4) is 0 Å². The molecule has 0 unspecified atom stereocenters. The normalized spacial score (nSPS) is 19.4. The molecular formula is C17H20N6OS. The van der Waals surface area contributed by atoms with E-state index in [-0.39, 0.29) is 5.60 Å². The lowest BCUT2D eigenvalue weighted by molar-refractivity contribution is -0.0771. The maximum atomic E-state index is 6.27. The quantitative estimate of drug-likeness (QED) is 0.691. The Kier molecular flexibility index (Phi) is 3.34. The van der Waals surface area contributed by atoms with Gasteiger partial charge in [-0.1, -0.05) is 0 Å². The molecule has 0 aromatic carbocycles. The highest BCUT2D eigenvalue weighted by Crippen LogP contribution is 2.46. The molecule has 2 aliphatic rings. The first-order chi connectivity index (χ1) is 12.2. The first-order valence-electron chi connectivity index (χ1n) is 8.60. The van der Waals surface area contributed by atoms with Crippen LogP contribution in [0.4, 0.5) is 5.82 Å². The van der Waals surface area contributed by atoms with Crippen LogP contribution < -0.4 is 11.1 Å². The molecule has 130 valence electrons. The number of nitrogen functional groups attached to an aromatic ring is 1. The second-order valence-corrected chi connectivity index (χ2v) is 7.80. The fourth-order valence-electron chi connectivity index (χ4n) is 3.89. The molecule has 0 atom stereocenters. The Balaban J connectivity index is 1.63. The fraction of sp³-hybridized carbons (Fsp3) is 0.471. The summed E-state index contributed by atoms with van der Waals surface area (Å²) >= 11 is 1.76. The van der Waals surface area contributed by atoms with Crippen LogP contribution in [0.25, 0.3) is 21.7 Å². The number of fused-ring (bicyclic) bond motifs is 3. The number of piperidine rings is 1. The molecule has 25 heavy (non-hydrogen) atoms. The van der Waals surface area contributed by atoms with Gasteiger partial charge in [-0.15, -0.1) is 11.3 Å². The van der Waals surface area contributed by atoms with Crippen molar-refractivity contribution >= 4 is 28.2 Å². The maximum Gasteiger partial charge on any atom is 0.173 e. The lowest BCUT2D eigenvalue weighted by atomic mass is 9.86. The molecule has 7 nitrogen and oxygen atoms in total. The molecule has 3 aromatic heterocycles. The monoisotopic (exact) mass is 356 g/mol. The number of hydrogen-bond donors (Lipinski definition) is 2. The van der Waals surface area contributed by atoms with Gasteiger partial charge >= 0.3 is 0 Å². The summed E-state index contributed by atoms with van der Waals surface area (Å²) < 4.78 is 8.01. The van der Waals surface area contributed by atoms with Crippen LogP contribution in [0.2, 0.25) is 0 Å². The molecule has 5 heterocycles. The Bertz CT molecular complexity index is 956. The van der Waals surface area contributed by atoms with Gasteiger partial charge in [0.15, 0.2) is 11.5 Å². The number of nitrogens with one attached hydrogen (secondary N) is 1. The van der Waals surface area contributed by atoms with Gasteiger partial charge in [-0.2, -0.15) is 5.10 Å². The van der Waals surface area contributed by atoms with E-state index < -0.39 is 0 Å². The van der Waals surface area contributed by atoms with Gasteiger partial charge in [-0.3, -0.25) is 4.68 Å². The number of ether oxygens (including phenoxy) is 1. The first-order valence-corrected chi connectivity index (χ1v) is 9.41. The molecule has 0 saturated carbocycles. The zero-order chi connectivity index (χ0) is 17.0. The van der Waals surface area contributed by atoms with Crippen molar-refractivity contribution in [3.63, 3.8) is 0 Å². The van der Waals surface area contributed by atoms with Gasteiger partial charge < -0.3 is 15.8 Å². The standard InChI is InChI=1S/C17H20N6OS/c1-23-16-11(9-20-23)14(18)21-15(22-16)12-8-10-2-7-24-17(13(10)25-12)3-5-19-6-4-17/h8-9,19H,2-7H2,1H3,(H2,18,21,22). The van der Waals surface area contributed by atoms with Crippen molar-refractivity contribution < 1.29 is 4.74 Å². The van der Waals surface area contributed by atoms with E-state index in [0.717, 1.165) is 54.9 Å². The molecule has 5 rings (SSSR count). The summed E-state index contributed by atoms with van der Waals surface area (Å²) in [6.45, 7) is 2.78. The lowest BCUT2D eigenvalue weighted by Gasteiger charge is -2.40. The number of aryl methyl sites for hydroxylation is 1. The van der Waals surface area contributed by atoms with Crippen LogP contribution in [0, 0.1) is 0 Å². The molecule has 2 aliphatic heterocycles. The van der Waals surface area contributed by atoms with Crippen molar-refractivity contribution in [1.82, 2.24) is 25.1 Å². The third-order valence-corrected chi connectivity index (χ3v) is 6.58. The molecule has 0 amide bonds. The van der Waals surface area contributed by atoms with E-state index in [2.05, 4.69) is 21.5 Å². The third kappa shape index (κ3) is 2.28. The molecule has 8 heteroatoms. The SMILES string of the molecule is Cn1ncc2c(N)nc(-c3cc4c(s3)C3(CCNCC3)OCC4)nc21. The summed E-state index contributed by atoms with van der Waals surface area (Å²) in [4.78, 5) is 11.7. The largest absolute Gasteiger partial charge is 0.383 e. The van der Waals surface area contributed by atoms with Crippen molar-refractivity contribution in [1.29, 1.82) is 0 Å². The van der Waals surface area contributed by atoms with Crippen molar-refractivity contribution in [3.8, 4) is 10.7 Å². The van der Waals surface area contributed by atoms with Gasteiger partial charge in [0.2, 0.25) is 0 Å². The van der Waals surface area contributed by atoms with Gasteiger partial charge in [-0.05, 0) is 44.0 Å². The van der Waals surface area contributed by atoms with Gasteiger partial charge in [-0.25, -0.2) is 9.97 Å². The topological polar surface area (TPSA) is 90.9 Å². The Labute approximate surface area is 149 Å². The van der Waals surface area contributed by atoms with Crippen molar-refractivity contribution in [2.45, 2.75) is 24.9 Å². The number of thiophene rings is 1. The van der Waals surface area contributed by atoms with Crippen LogP contribution in [0.5, 0.6) is 0 Å². The Hall–Kier alpha value is -2.03. The summed E-state index contributed by atoms with van der Waals surface area (Å²) in [7, 11) is 1.87. The molecule has 1 saturated heterocycles. The summed E-state index contributed by atoms with van der Waals surface area (Å²) in [5.41, 5.74) is 8.14. The third-order valence-electron chi connectivity index (χ3n) is 5.23. The summed E-state index contributed by atoms with van der Waals surface area (Å²) in [6, 6.07) is 2.23. The smallest absolute Gasteiger partial charge is 0.173 e. The number of nitrogens with zero attached hydrogens (tertiary/aromatic N) is 4. The Morgan fingerprint density at radius 3 is 3.00 bits per heavy atom. The highest BCUT2D eigenvalue weighted by atomic mass is 32.1. The Morgan fingerprint density at radius 2 is 2.16 bits per heavy atom. The van der Waals surface area contributed by atoms with Crippen LogP contribution in [-0.4, -0.2) is 39.4 Å². The van der Waals surface area contributed by atoms with Crippen LogP contribution in [0.1, 0.15) is 23.3 Å². The van der Waals surface area contributed by atoms with Crippen molar-refractivity contribution in [2.24, 2.45) is 7.05 Å². The summed E-state index contributed by atoms with van der Waals surface area (Å²) in [5.74, 6) is 1.16. The van der Waals surface area contributed by atoms with Crippen LogP contribution >= 0.6 is 11.3 Å². The lowest BCUT2D eigenvalue weighted by Crippen LogP contribution is -2.43. The zero-order valence-corrected chi connectivity index (χ0v) is 14.9. The minimum absolute atomic E-state index is 0.135. The number of anilines is 1. The van der Waals surface area contributed by atoms with Crippen molar-refractivity contribution in [3.05, 3.63) is 22.7 Å². The van der Waals surface area contributed by atoms with Crippen molar-refractivity contribution in [2.75, 3.05) is 25.4 Å². The molecule has 1 spiro atoms. The van der Waals surface area contributed by atoms with Gasteiger partial charge in [0, 0.05) is 11.9 Å². The number of rotatable bonds is 1. The first kappa shape index (κ1) is 15.2. The van der Waals surface area contributed by atoms with Gasteiger partial charge in [0.25, 0.3) is 0 Å². The van der Waals surface area contributed by atoms with Gasteiger partial charge in [0.05, 0.1) is 23.1 Å². The molecule has 0 radical (unpaired) electrons. The summed E-state index contributed by atoms with van der Waals surface area (Å²) in [5, 5.41) is 8.46.